The second-order valence-corrected chi connectivity index (χ2v) is 7.78. The minimum atomic E-state index is 0.135. The van der Waals surface area contributed by atoms with Crippen LogP contribution >= 0.6 is 31.9 Å². The van der Waals surface area contributed by atoms with Crippen LogP contribution in [0.4, 0.5) is 0 Å². The van der Waals surface area contributed by atoms with E-state index in [0.29, 0.717) is 13.1 Å². The summed E-state index contributed by atoms with van der Waals surface area (Å²) in [5, 5.41) is 0. The maximum Gasteiger partial charge on any atom is 0.187 e. The van der Waals surface area contributed by atoms with Crippen LogP contribution in [-0.4, -0.2) is 30.8 Å². The normalized spacial score (nSPS) is 19.2. The Labute approximate surface area is 159 Å². The van der Waals surface area contributed by atoms with Gasteiger partial charge in [0, 0.05) is 33.2 Å². The van der Waals surface area contributed by atoms with Crippen LogP contribution in [0.3, 0.4) is 0 Å². The van der Waals surface area contributed by atoms with Crippen molar-refractivity contribution in [3.63, 3.8) is 0 Å². The number of Topliss-reactive ketones (excluding diaryl/α,β-unsaturated/α-hetero) is 1. The van der Waals surface area contributed by atoms with E-state index in [4.69, 9.17) is 0 Å². The number of benzene rings is 2. The number of hydrogen-bond donors (Lipinski definition) is 0. The first kappa shape index (κ1) is 17.3. The smallest absolute Gasteiger partial charge is 0.187 e. The first-order valence-corrected chi connectivity index (χ1v) is 9.25. The van der Waals surface area contributed by atoms with Crippen molar-refractivity contribution in [1.29, 1.82) is 0 Å². The molecule has 0 unspecified atom stereocenters. The van der Waals surface area contributed by atoms with Gasteiger partial charge >= 0.3 is 0 Å². The van der Waals surface area contributed by atoms with E-state index in [9.17, 15) is 4.79 Å². The average molecular weight is 447 g/mol. The molecule has 122 valence electrons. The van der Waals surface area contributed by atoms with Crippen molar-refractivity contribution in [2.75, 3.05) is 20.1 Å². The fraction of sp³-hybridized carbons (Fsp3) is 0.150. The molecule has 3 rings (SSSR count). The van der Waals surface area contributed by atoms with E-state index in [2.05, 4.69) is 36.8 Å². The molecule has 0 radical (unpaired) electrons. The Balaban J connectivity index is 1.92. The van der Waals surface area contributed by atoms with Gasteiger partial charge < -0.3 is 0 Å². The zero-order chi connectivity index (χ0) is 17.1. The summed E-state index contributed by atoms with van der Waals surface area (Å²) in [5.41, 5.74) is 3.72. The lowest BCUT2D eigenvalue weighted by Gasteiger charge is -2.26. The van der Waals surface area contributed by atoms with Crippen LogP contribution in [-0.2, 0) is 4.79 Å². The van der Waals surface area contributed by atoms with Crippen molar-refractivity contribution in [2.24, 2.45) is 0 Å². The molecule has 0 N–H and O–H groups in total. The summed E-state index contributed by atoms with van der Waals surface area (Å²) in [6, 6.07) is 16.0. The minimum absolute atomic E-state index is 0.135. The molecular weight excluding hydrogens is 430 g/mol. The molecule has 1 fully saturated rings. The third-order valence-electron chi connectivity index (χ3n) is 3.86. The van der Waals surface area contributed by atoms with Gasteiger partial charge in [-0.1, -0.05) is 56.1 Å². The van der Waals surface area contributed by atoms with Gasteiger partial charge in [0.15, 0.2) is 5.78 Å². The Morgan fingerprint density at radius 2 is 1.50 bits per heavy atom. The van der Waals surface area contributed by atoms with E-state index < -0.39 is 0 Å². The molecule has 24 heavy (non-hydrogen) atoms. The molecule has 0 amide bonds. The number of ketones is 1. The number of rotatable bonds is 2. The Hall–Kier alpha value is -1.49. The van der Waals surface area contributed by atoms with Gasteiger partial charge in [0.1, 0.15) is 0 Å². The fourth-order valence-electron chi connectivity index (χ4n) is 2.77. The Morgan fingerprint density at radius 3 is 2.12 bits per heavy atom. The third-order valence-corrected chi connectivity index (χ3v) is 4.89. The van der Waals surface area contributed by atoms with E-state index in [1.807, 2.05) is 67.7 Å². The number of carbonyl (C=O) groups is 1. The number of carbonyl (C=O) groups excluding carboxylic acids is 1. The lowest BCUT2D eigenvalue weighted by molar-refractivity contribution is -0.113. The topological polar surface area (TPSA) is 20.3 Å². The third kappa shape index (κ3) is 4.32. The molecule has 0 aromatic heterocycles. The predicted molar refractivity (Wildman–Crippen MR) is 107 cm³/mol. The quantitative estimate of drug-likeness (QED) is 0.591. The van der Waals surface area contributed by atoms with Crippen LogP contribution in [0.2, 0.25) is 0 Å². The fourth-order valence-corrected chi connectivity index (χ4v) is 3.45. The van der Waals surface area contributed by atoms with E-state index in [-0.39, 0.29) is 5.78 Å². The van der Waals surface area contributed by atoms with Crippen LogP contribution in [0, 0.1) is 0 Å². The van der Waals surface area contributed by atoms with Gasteiger partial charge in [0.2, 0.25) is 0 Å². The Bertz CT molecular complexity index is 822. The number of halogens is 2. The number of nitrogens with zero attached hydrogens (tertiary/aromatic N) is 1. The van der Waals surface area contributed by atoms with Crippen LogP contribution in [0.25, 0.3) is 12.2 Å². The second-order valence-electron chi connectivity index (χ2n) is 5.95. The van der Waals surface area contributed by atoms with E-state index in [1.165, 1.54) is 0 Å². The lowest BCUT2D eigenvalue weighted by atomic mass is 9.94. The summed E-state index contributed by atoms with van der Waals surface area (Å²) in [4.78, 5) is 15.0. The highest BCUT2D eigenvalue weighted by molar-refractivity contribution is 9.10. The summed E-state index contributed by atoms with van der Waals surface area (Å²) in [6.45, 7) is 1.34. The van der Waals surface area contributed by atoms with Gasteiger partial charge in [0.25, 0.3) is 0 Å². The molecule has 4 heteroatoms. The van der Waals surface area contributed by atoms with Gasteiger partial charge in [-0.05, 0) is 54.6 Å². The average Bonchev–Trinajstić information content (AvgIpc) is 2.54. The molecule has 0 atom stereocenters. The van der Waals surface area contributed by atoms with Crippen molar-refractivity contribution >= 4 is 49.8 Å². The molecule has 1 aliphatic heterocycles. The summed E-state index contributed by atoms with van der Waals surface area (Å²) in [5.74, 6) is 0.135. The van der Waals surface area contributed by atoms with Crippen LogP contribution in [0.5, 0.6) is 0 Å². The molecule has 0 aliphatic carbocycles. The van der Waals surface area contributed by atoms with Gasteiger partial charge in [-0.15, -0.1) is 0 Å². The van der Waals surface area contributed by atoms with Crippen LogP contribution < -0.4 is 0 Å². The van der Waals surface area contributed by atoms with E-state index in [1.54, 1.807) is 0 Å². The number of likely N-dealkylation sites (N-methyl/N-ethyl adjacent to an activating group) is 1. The maximum atomic E-state index is 12.8. The number of likely N-dealkylation sites (tertiary alicyclic amines) is 1. The summed E-state index contributed by atoms with van der Waals surface area (Å²) < 4.78 is 2.05. The summed E-state index contributed by atoms with van der Waals surface area (Å²) in [7, 11) is 2.04. The molecule has 0 saturated carbocycles. The largest absolute Gasteiger partial charge is 0.298 e. The first-order valence-electron chi connectivity index (χ1n) is 7.67. The minimum Gasteiger partial charge on any atom is -0.298 e. The van der Waals surface area contributed by atoms with Crippen molar-refractivity contribution in [2.45, 2.75) is 0 Å². The molecule has 1 heterocycles. The van der Waals surface area contributed by atoms with Gasteiger partial charge in [0.05, 0.1) is 0 Å². The van der Waals surface area contributed by atoms with E-state index in [0.717, 1.165) is 31.2 Å². The summed E-state index contributed by atoms with van der Waals surface area (Å²) in [6.07, 6.45) is 3.97. The van der Waals surface area contributed by atoms with Crippen molar-refractivity contribution in [3.8, 4) is 0 Å². The van der Waals surface area contributed by atoms with Crippen molar-refractivity contribution < 1.29 is 4.79 Å². The molecule has 2 aromatic rings. The zero-order valence-corrected chi connectivity index (χ0v) is 16.5. The molecule has 0 bridgehead atoms. The van der Waals surface area contributed by atoms with Crippen LogP contribution in [0.1, 0.15) is 11.1 Å². The predicted octanol–water partition coefficient (Wildman–Crippen LogP) is 5.19. The Kier molecular flexibility index (Phi) is 5.49. The zero-order valence-electron chi connectivity index (χ0n) is 13.3. The first-order chi connectivity index (χ1) is 11.5. The standard InChI is InChI=1S/C20H17Br2NO/c1-23-12-16(9-14-5-7-18(21)8-6-14)20(24)17(13-23)10-15-3-2-4-19(22)11-15/h2-11H,12-13H2,1H3/b16-9+,17-10+. The van der Waals surface area contributed by atoms with Gasteiger partial charge in [-0.3, -0.25) is 9.69 Å². The highest BCUT2D eigenvalue weighted by atomic mass is 79.9. The monoisotopic (exact) mass is 445 g/mol. The van der Waals surface area contributed by atoms with Crippen molar-refractivity contribution in [3.05, 3.63) is 79.7 Å². The molecule has 1 saturated heterocycles. The molecule has 0 spiro atoms. The molecule has 2 aromatic carbocycles. The molecule has 2 nitrogen and oxygen atoms in total. The lowest BCUT2D eigenvalue weighted by Crippen LogP contribution is -2.34. The van der Waals surface area contributed by atoms with Gasteiger partial charge in [-0.2, -0.15) is 0 Å². The molecule has 1 aliphatic rings. The highest BCUT2D eigenvalue weighted by Crippen LogP contribution is 2.22. The second kappa shape index (κ2) is 7.60. The number of piperidine rings is 1. The van der Waals surface area contributed by atoms with Crippen molar-refractivity contribution in [1.82, 2.24) is 4.90 Å². The maximum absolute atomic E-state index is 12.8. The highest BCUT2D eigenvalue weighted by Gasteiger charge is 2.23. The Morgan fingerprint density at radius 1 is 0.875 bits per heavy atom. The van der Waals surface area contributed by atoms with Crippen LogP contribution in [0.15, 0.2) is 68.6 Å². The molecular formula is C20H17Br2NO. The van der Waals surface area contributed by atoms with Gasteiger partial charge in [-0.25, -0.2) is 0 Å². The summed E-state index contributed by atoms with van der Waals surface area (Å²) >= 11 is 6.91. The SMILES string of the molecule is CN1C/C(=C\c2ccc(Br)cc2)C(=O)/C(=C/c2cccc(Br)c2)C1. The number of hydrogen-bond acceptors (Lipinski definition) is 2. The van der Waals surface area contributed by atoms with E-state index >= 15 is 0 Å².